The summed E-state index contributed by atoms with van der Waals surface area (Å²) < 4.78 is 5.14. The molecule has 0 aromatic heterocycles. The van der Waals surface area contributed by atoms with Gasteiger partial charge in [-0.3, -0.25) is 11.3 Å². The molecule has 1 aromatic carbocycles. The summed E-state index contributed by atoms with van der Waals surface area (Å²) in [6, 6.07) is 8.67. The molecule has 3 N–H and O–H groups in total. The normalized spacial score (nSPS) is 14.8. The standard InChI is InChI=1S/C13H22N2O/c1-10-4-6-12(7-5-10)13(15-14)8-11(2)9-16-3/h4-7,11,13,15H,8-9,14H2,1-3H3. The minimum absolute atomic E-state index is 0.200. The Kier molecular flexibility index (Phi) is 5.46. The van der Waals surface area contributed by atoms with Crippen LogP contribution in [0.1, 0.15) is 30.5 Å². The van der Waals surface area contributed by atoms with Crippen LogP contribution in [0.5, 0.6) is 0 Å². The van der Waals surface area contributed by atoms with Gasteiger partial charge >= 0.3 is 0 Å². The highest BCUT2D eigenvalue weighted by atomic mass is 16.5. The molecule has 0 aliphatic heterocycles. The van der Waals surface area contributed by atoms with Crippen LogP contribution >= 0.6 is 0 Å². The zero-order valence-corrected chi connectivity index (χ0v) is 10.4. The number of hydrogen-bond acceptors (Lipinski definition) is 3. The SMILES string of the molecule is COCC(C)CC(NN)c1ccc(C)cc1. The van der Waals surface area contributed by atoms with E-state index in [0.29, 0.717) is 5.92 Å². The van der Waals surface area contributed by atoms with Crippen molar-refractivity contribution in [2.75, 3.05) is 13.7 Å². The van der Waals surface area contributed by atoms with Gasteiger partial charge in [-0.2, -0.15) is 0 Å². The van der Waals surface area contributed by atoms with Gasteiger partial charge in [-0.1, -0.05) is 36.8 Å². The van der Waals surface area contributed by atoms with Crippen molar-refractivity contribution in [2.24, 2.45) is 11.8 Å². The smallest absolute Gasteiger partial charge is 0.0488 e. The van der Waals surface area contributed by atoms with Crippen molar-refractivity contribution in [2.45, 2.75) is 26.3 Å². The van der Waals surface area contributed by atoms with Crippen LogP contribution in [-0.4, -0.2) is 13.7 Å². The topological polar surface area (TPSA) is 47.3 Å². The minimum Gasteiger partial charge on any atom is -0.384 e. The fraction of sp³-hybridized carbons (Fsp3) is 0.538. The Labute approximate surface area is 98.0 Å². The van der Waals surface area contributed by atoms with Gasteiger partial charge in [0, 0.05) is 19.8 Å². The average Bonchev–Trinajstić information content (AvgIpc) is 2.27. The molecule has 0 fully saturated rings. The predicted octanol–water partition coefficient (Wildman–Crippen LogP) is 2.17. The van der Waals surface area contributed by atoms with Crippen LogP contribution in [0.2, 0.25) is 0 Å². The van der Waals surface area contributed by atoms with E-state index in [-0.39, 0.29) is 6.04 Å². The number of aryl methyl sites for hydroxylation is 1. The number of methoxy groups -OCH3 is 1. The van der Waals surface area contributed by atoms with Crippen LogP contribution < -0.4 is 11.3 Å². The molecule has 0 radical (unpaired) electrons. The number of nitrogens with two attached hydrogens (primary N) is 1. The molecule has 0 saturated carbocycles. The summed E-state index contributed by atoms with van der Waals surface area (Å²) in [7, 11) is 1.73. The lowest BCUT2D eigenvalue weighted by Gasteiger charge is -2.20. The van der Waals surface area contributed by atoms with Gasteiger partial charge in [-0.15, -0.1) is 0 Å². The van der Waals surface area contributed by atoms with Gasteiger partial charge in [0.1, 0.15) is 0 Å². The van der Waals surface area contributed by atoms with E-state index in [0.717, 1.165) is 13.0 Å². The summed E-state index contributed by atoms with van der Waals surface area (Å²) in [5.74, 6) is 6.09. The molecule has 0 heterocycles. The van der Waals surface area contributed by atoms with Gasteiger partial charge in [0.05, 0.1) is 0 Å². The first-order valence-electron chi connectivity index (χ1n) is 5.69. The Balaban J connectivity index is 2.63. The van der Waals surface area contributed by atoms with Gasteiger partial charge in [-0.25, -0.2) is 0 Å². The van der Waals surface area contributed by atoms with Crippen molar-refractivity contribution in [3.8, 4) is 0 Å². The number of ether oxygens (including phenoxy) is 1. The van der Waals surface area contributed by atoms with Crippen LogP contribution in [-0.2, 0) is 4.74 Å². The van der Waals surface area contributed by atoms with Gasteiger partial charge < -0.3 is 4.74 Å². The van der Waals surface area contributed by atoms with Crippen LogP contribution in [0.3, 0.4) is 0 Å². The van der Waals surface area contributed by atoms with E-state index < -0.39 is 0 Å². The fourth-order valence-electron chi connectivity index (χ4n) is 1.85. The summed E-state index contributed by atoms with van der Waals surface area (Å²) in [6.07, 6.45) is 0.980. The molecular weight excluding hydrogens is 200 g/mol. The highest BCUT2D eigenvalue weighted by molar-refractivity contribution is 5.24. The van der Waals surface area contributed by atoms with Gasteiger partial charge in [-0.05, 0) is 24.8 Å². The molecule has 3 nitrogen and oxygen atoms in total. The van der Waals surface area contributed by atoms with E-state index in [1.807, 2.05) is 0 Å². The fourth-order valence-corrected chi connectivity index (χ4v) is 1.85. The van der Waals surface area contributed by atoms with Crippen molar-refractivity contribution in [3.05, 3.63) is 35.4 Å². The highest BCUT2D eigenvalue weighted by Gasteiger charge is 2.13. The van der Waals surface area contributed by atoms with Crippen molar-refractivity contribution in [3.63, 3.8) is 0 Å². The van der Waals surface area contributed by atoms with Crippen LogP contribution in [0.4, 0.5) is 0 Å². The molecule has 0 bridgehead atoms. The third kappa shape index (κ3) is 3.93. The van der Waals surface area contributed by atoms with Crippen LogP contribution in [0, 0.1) is 12.8 Å². The lowest BCUT2D eigenvalue weighted by molar-refractivity contribution is 0.149. The zero-order valence-electron chi connectivity index (χ0n) is 10.4. The predicted molar refractivity (Wildman–Crippen MR) is 66.9 cm³/mol. The molecule has 0 aliphatic carbocycles. The Morgan fingerprint density at radius 2 is 1.94 bits per heavy atom. The van der Waals surface area contributed by atoms with Crippen molar-refractivity contribution < 1.29 is 4.74 Å². The summed E-state index contributed by atoms with van der Waals surface area (Å²) in [5.41, 5.74) is 5.37. The number of benzene rings is 1. The molecule has 2 unspecified atom stereocenters. The second kappa shape index (κ2) is 6.63. The Hall–Kier alpha value is -0.900. The lowest BCUT2D eigenvalue weighted by atomic mass is 9.96. The summed E-state index contributed by atoms with van der Waals surface area (Å²) >= 11 is 0. The first-order valence-corrected chi connectivity index (χ1v) is 5.69. The molecule has 3 heteroatoms. The van der Waals surface area contributed by atoms with E-state index >= 15 is 0 Å². The maximum Gasteiger partial charge on any atom is 0.0488 e. The number of rotatable bonds is 6. The van der Waals surface area contributed by atoms with Crippen molar-refractivity contribution >= 4 is 0 Å². The van der Waals surface area contributed by atoms with Gasteiger partial charge in [0.15, 0.2) is 0 Å². The first-order chi connectivity index (χ1) is 7.67. The summed E-state index contributed by atoms with van der Waals surface area (Å²) in [4.78, 5) is 0. The number of hydrogen-bond donors (Lipinski definition) is 2. The van der Waals surface area contributed by atoms with E-state index in [1.165, 1.54) is 11.1 Å². The second-order valence-electron chi connectivity index (χ2n) is 4.43. The molecule has 0 spiro atoms. The molecule has 1 aromatic rings. The summed E-state index contributed by atoms with van der Waals surface area (Å²) in [5, 5.41) is 0. The third-order valence-electron chi connectivity index (χ3n) is 2.77. The zero-order chi connectivity index (χ0) is 12.0. The molecule has 90 valence electrons. The van der Waals surface area contributed by atoms with Crippen LogP contribution in [0.25, 0.3) is 0 Å². The highest BCUT2D eigenvalue weighted by Crippen LogP contribution is 2.21. The molecule has 16 heavy (non-hydrogen) atoms. The Morgan fingerprint density at radius 3 is 2.44 bits per heavy atom. The van der Waals surface area contributed by atoms with Gasteiger partial charge in [0.2, 0.25) is 0 Å². The molecule has 1 rings (SSSR count). The number of hydrazine groups is 1. The average molecular weight is 222 g/mol. The van der Waals surface area contributed by atoms with Crippen molar-refractivity contribution in [1.82, 2.24) is 5.43 Å². The van der Waals surface area contributed by atoms with Crippen molar-refractivity contribution in [1.29, 1.82) is 0 Å². The molecule has 0 aliphatic rings. The number of nitrogens with one attached hydrogen (secondary N) is 1. The Bertz CT molecular complexity index is 297. The van der Waals surface area contributed by atoms with E-state index in [2.05, 4.69) is 43.5 Å². The quantitative estimate of drug-likeness (QED) is 0.573. The van der Waals surface area contributed by atoms with Crippen LogP contribution in [0.15, 0.2) is 24.3 Å². The molecule has 2 atom stereocenters. The minimum atomic E-state index is 0.200. The van der Waals surface area contributed by atoms with E-state index in [1.54, 1.807) is 7.11 Å². The summed E-state index contributed by atoms with van der Waals surface area (Å²) in [6.45, 7) is 5.02. The van der Waals surface area contributed by atoms with E-state index in [4.69, 9.17) is 10.6 Å². The maximum absolute atomic E-state index is 5.60. The third-order valence-corrected chi connectivity index (χ3v) is 2.77. The first kappa shape index (κ1) is 13.2. The second-order valence-corrected chi connectivity index (χ2v) is 4.43. The largest absolute Gasteiger partial charge is 0.384 e. The molecular formula is C13H22N2O. The monoisotopic (exact) mass is 222 g/mol. The maximum atomic E-state index is 5.60. The van der Waals surface area contributed by atoms with Gasteiger partial charge in [0.25, 0.3) is 0 Å². The van der Waals surface area contributed by atoms with E-state index in [9.17, 15) is 0 Å². The lowest BCUT2D eigenvalue weighted by Crippen LogP contribution is -2.30. The molecule has 0 amide bonds. The Morgan fingerprint density at radius 1 is 1.31 bits per heavy atom. The molecule has 0 saturated heterocycles.